The molecule has 1 atom stereocenters. The lowest BCUT2D eigenvalue weighted by atomic mass is 9.95. The Kier molecular flexibility index (Phi) is 16.7. The van der Waals surface area contributed by atoms with Crippen molar-refractivity contribution in [1.82, 2.24) is 0 Å². The quantitative estimate of drug-likeness (QED) is 0.122. The summed E-state index contributed by atoms with van der Waals surface area (Å²) in [7, 11) is 0. The molecule has 1 unspecified atom stereocenters. The van der Waals surface area contributed by atoms with Gasteiger partial charge in [-0.15, -0.1) is 14.5 Å². The summed E-state index contributed by atoms with van der Waals surface area (Å²) in [6.45, 7) is 14.7. The van der Waals surface area contributed by atoms with Gasteiger partial charge in [0.15, 0.2) is 6.54 Å². The number of quaternary nitrogens is 1. The summed E-state index contributed by atoms with van der Waals surface area (Å²) in [5.41, 5.74) is -0.209. The number of nitrogens with zero attached hydrogens (tertiary/aromatic N) is 1. The van der Waals surface area contributed by atoms with Crippen LogP contribution in [-0.2, 0) is 14.5 Å². The lowest BCUT2D eigenvalue weighted by Gasteiger charge is -2.36. The van der Waals surface area contributed by atoms with Crippen molar-refractivity contribution in [2.75, 3.05) is 19.8 Å². The summed E-state index contributed by atoms with van der Waals surface area (Å²) in [5.74, 6) is 0. The highest BCUT2D eigenvalue weighted by Gasteiger charge is 2.42. The molecule has 0 saturated carbocycles. The summed E-state index contributed by atoms with van der Waals surface area (Å²) >= 11 is 0. The average molecular weight is 389 g/mol. The molecule has 164 valence electrons. The molecule has 0 aromatic carbocycles. The van der Waals surface area contributed by atoms with Gasteiger partial charge in [0, 0.05) is 6.42 Å². The highest BCUT2D eigenvalue weighted by atomic mass is 17.2. The molecule has 4 nitrogen and oxygen atoms in total. The molecule has 0 heterocycles. The topological polar surface area (TPSA) is 27.7 Å². The van der Waals surface area contributed by atoms with Crippen LogP contribution in [-0.4, -0.2) is 30.3 Å². The van der Waals surface area contributed by atoms with Crippen molar-refractivity contribution in [3.63, 3.8) is 0 Å². The number of hydroxylamine groups is 3. The summed E-state index contributed by atoms with van der Waals surface area (Å²) in [6.07, 6.45) is 16.6. The maximum Gasteiger partial charge on any atom is 0.178 e. The zero-order valence-electron chi connectivity index (χ0n) is 19.5. The zero-order valence-corrected chi connectivity index (χ0v) is 19.5. The molecule has 0 spiro atoms. The third-order valence-electron chi connectivity index (χ3n) is 5.32. The lowest BCUT2D eigenvalue weighted by Crippen LogP contribution is -2.54. The van der Waals surface area contributed by atoms with E-state index in [4.69, 9.17) is 14.5 Å². The average Bonchev–Trinajstić information content (AvgIpc) is 2.64. The van der Waals surface area contributed by atoms with Gasteiger partial charge in [-0.2, -0.15) is 0 Å². The minimum absolute atomic E-state index is 0.119. The van der Waals surface area contributed by atoms with Gasteiger partial charge >= 0.3 is 0 Å². The first kappa shape index (κ1) is 26.8. The van der Waals surface area contributed by atoms with Gasteiger partial charge in [-0.1, -0.05) is 85.0 Å². The molecule has 0 aliphatic heterocycles. The third kappa shape index (κ3) is 12.8. The molecule has 0 saturated heterocycles. The fraction of sp³-hybridized carbons (Fsp3) is 1.00. The monoisotopic (exact) mass is 388 g/mol. The molecule has 0 radical (unpaired) electrons. The van der Waals surface area contributed by atoms with Crippen LogP contribution >= 0.6 is 0 Å². The fourth-order valence-corrected chi connectivity index (χ4v) is 3.54. The molecular weight excluding hydrogens is 338 g/mol. The molecule has 0 aliphatic rings. The second kappa shape index (κ2) is 16.8. The molecular formula is C23H50NO3+. The van der Waals surface area contributed by atoms with E-state index in [-0.39, 0.29) is 10.6 Å². The van der Waals surface area contributed by atoms with E-state index in [9.17, 15) is 0 Å². The van der Waals surface area contributed by atoms with Crippen molar-refractivity contribution in [2.45, 2.75) is 131 Å². The van der Waals surface area contributed by atoms with E-state index in [1.807, 2.05) is 13.8 Å². The Bertz CT molecular complexity index is 308. The first-order valence-corrected chi connectivity index (χ1v) is 11.9. The predicted octanol–water partition coefficient (Wildman–Crippen LogP) is 7.53. The number of rotatable bonds is 20. The number of unbranched alkanes of at least 4 members (excludes halogenated alkanes) is 9. The van der Waals surface area contributed by atoms with Crippen molar-refractivity contribution in [2.24, 2.45) is 0 Å². The molecule has 27 heavy (non-hydrogen) atoms. The van der Waals surface area contributed by atoms with Crippen LogP contribution in [0.5, 0.6) is 0 Å². The maximum absolute atomic E-state index is 6.47. The van der Waals surface area contributed by atoms with Gasteiger partial charge in [-0.3, -0.25) is 0 Å². The van der Waals surface area contributed by atoms with Gasteiger partial charge in [-0.25, -0.2) is 0 Å². The molecule has 0 fully saturated rings. The highest BCUT2D eigenvalue weighted by Crippen LogP contribution is 2.30. The fourth-order valence-electron chi connectivity index (χ4n) is 3.54. The van der Waals surface area contributed by atoms with Crippen LogP contribution in [0.2, 0.25) is 0 Å². The van der Waals surface area contributed by atoms with E-state index in [2.05, 4.69) is 27.7 Å². The van der Waals surface area contributed by atoms with E-state index in [0.717, 1.165) is 25.8 Å². The van der Waals surface area contributed by atoms with E-state index in [0.29, 0.717) is 13.2 Å². The van der Waals surface area contributed by atoms with Crippen LogP contribution in [0.4, 0.5) is 0 Å². The highest BCUT2D eigenvalue weighted by molar-refractivity contribution is 4.71. The Hall–Kier alpha value is -0.160. The molecule has 0 rings (SSSR count). The standard InChI is InChI=1S/C23H50NO3/c1-7-12-13-14-15-16-17-18-19-20-21-23(6,9-3)27-24(22-8-2,25-10-4)26-11-5/h7-22H2,1-6H3/q+1. The molecule has 0 N–H and O–H groups in total. The summed E-state index contributed by atoms with van der Waals surface area (Å²) in [6, 6.07) is 0. The van der Waals surface area contributed by atoms with Gasteiger partial charge in [0.25, 0.3) is 0 Å². The van der Waals surface area contributed by atoms with Crippen LogP contribution in [0.1, 0.15) is 125 Å². The molecule has 4 heteroatoms. The van der Waals surface area contributed by atoms with Gasteiger partial charge in [0.1, 0.15) is 18.8 Å². The van der Waals surface area contributed by atoms with Gasteiger partial charge in [-0.05, 0) is 33.6 Å². The Morgan fingerprint density at radius 2 is 1.11 bits per heavy atom. The second-order valence-corrected chi connectivity index (χ2v) is 8.00. The molecule has 0 aliphatic carbocycles. The predicted molar refractivity (Wildman–Crippen MR) is 115 cm³/mol. The number of hydrogen-bond acceptors (Lipinski definition) is 3. The Labute approximate surface area is 170 Å². The lowest BCUT2D eigenvalue weighted by molar-refractivity contribution is -1.37. The van der Waals surface area contributed by atoms with Crippen LogP contribution in [0.3, 0.4) is 0 Å². The van der Waals surface area contributed by atoms with Crippen molar-refractivity contribution in [3.8, 4) is 0 Å². The minimum atomic E-state index is -0.209. The van der Waals surface area contributed by atoms with Crippen molar-refractivity contribution < 1.29 is 19.5 Å². The van der Waals surface area contributed by atoms with E-state index < -0.39 is 0 Å². The summed E-state index contributed by atoms with van der Waals surface area (Å²) < 4.78 is 0. The Balaban J connectivity index is 4.25. The number of hydrogen-bond donors (Lipinski definition) is 0. The molecule has 0 bridgehead atoms. The van der Waals surface area contributed by atoms with Gasteiger partial charge in [0.2, 0.25) is 0 Å². The zero-order chi connectivity index (χ0) is 20.4. The summed E-state index contributed by atoms with van der Waals surface area (Å²) in [4.78, 5) is 18.2. The van der Waals surface area contributed by atoms with Gasteiger partial charge in [0.05, 0.1) is 4.97 Å². The van der Waals surface area contributed by atoms with Crippen molar-refractivity contribution in [3.05, 3.63) is 0 Å². The van der Waals surface area contributed by atoms with E-state index in [1.165, 1.54) is 64.2 Å². The first-order chi connectivity index (χ1) is 13.0. The Morgan fingerprint density at radius 3 is 1.52 bits per heavy atom. The van der Waals surface area contributed by atoms with E-state index >= 15 is 0 Å². The van der Waals surface area contributed by atoms with Crippen LogP contribution < -0.4 is 0 Å². The molecule has 0 aromatic heterocycles. The van der Waals surface area contributed by atoms with Crippen molar-refractivity contribution in [1.29, 1.82) is 0 Å². The summed E-state index contributed by atoms with van der Waals surface area (Å²) in [5, 5.41) is 0. The van der Waals surface area contributed by atoms with Crippen LogP contribution in [0.25, 0.3) is 0 Å². The van der Waals surface area contributed by atoms with Crippen molar-refractivity contribution >= 4 is 0 Å². The van der Waals surface area contributed by atoms with E-state index in [1.54, 1.807) is 0 Å². The largest absolute Gasteiger partial charge is 0.178 e. The maximum atomic E-state index is 6.47. The second-order valence-electron chi connectivity index (χ2n) is 8.00. The molecule has 0 amide bonds. The third-order valence-corrected chi connectivity index (χ3v) is 5.32. The SMILES string of the molecule is CCCCCCCCCCCCC(C)(CC)O[N+](CCC)(OCC)OCC. The van der Waals surface area contributed by atoms with Gasteiger partial charge < -0.3 is 0 Å². The first-order valence-electron chi connectivity index (χ1n) is 11.9. The van der Waals surface area contributed by atoms with Crippen LogP contribution in [0.15, 0.2) is 0 Å². The minimum Gasteiger partial charge on any atom is -0.132 e. The molecule has 0 aromatic rings. The van der Waals surface area contributed by atoms with Crippen LogP contribution in [0, 0.1) is 0 Å². The normalized spacial score (nSPS) is 14.4. The Morgan fingerprint density at radius 1 is 0.630 bits per heavy atom. The smallest absolute Gasteiger partial charge is 0.132 e.